The molecule has 0 heterocycles. The normalized spacial score (nSPS) is 10.3. The highest BCUT2D eigenvalue weighted by Gasteiger charge is 2.14. The topological polar surface area (TPSA) is 72.6 Å². The van der Waals surface area contributed by atoms with E-state index in [1.165, 1.54) is 12.1 Å². The van der Waals surface area contributed by atoms with Gasteiger partial charge in [-0.3, -0.25) is 10.1 Å². The lowest BCUT2D eigenvalue weighted by Crippen LogP contribution is -2.00. The number of ether oxygens (including phenoxy) is 1. The van der Waals surface area contributed by atoms with Crippen LogP contribution in [-0.4, -0.2) is 10.0 Å². The van der Waals surface area contributed by atoms with Crippen molar-refractivity contribution in [2.24, 2.45) is 0 Å². The summed E-state index contributed by atoms with van der Waals surface area (Å²) >= 11 is 3.20. The van der Waals surface area contributed by atoms with E-state index in [0.717, 1.165) is 5.56 Å². The third-order valence-corrected chi connectivity index (χ3v) is 3.17. The molecule has 0 aliphatic rings. The molecule has 0 unspecified atom stereocenters. The van der Waals surface area contributed by atoms with E-state index in [9.17, 15) is 15.2 Å². The molecule has 2 aromatic rings. The fourth-order valence-corrected chi connectivity index (χ4v) is 2.15. The molecule has 0 aromatic heterocycles. The van der Waals surface area contributed by atoms with Crippen LogP contribution in [0, 0.1) is 17.0 Å². The molecule has 2 rings (SSSR count). The van der Waals surface area contributed by atoms with Gasteiger partial charge in [0.25, 0.3) is 5.69 Å². The number of aryl methyl sites for hydroxylation is 1. The van der Waals surface area contributed by atoms with Gasteiger partial charge in [0.05, 0.1) is 10.5 Å². The van der Waals surface area contributed by atoms with Gasteiger partial charge in [-0.05, 0) is 36.8 Å². The van der Waals surface area contributed by atoms with E-state index >= 15 is 0 Å². The van der Waals surface area contributed by atoms with Gasteiger partial charge in [0.15, 0.2) is 0 Å². The van der Waals surface area contributed by atoms with E-state index in [1.807, 2.05) is 6.92 Å². The maximum Gasteiger partial charge on any atom is 0.277 e. The minimum Gasteiger partial charge on any atom is -0.508 e. The van der Waals surface area contributed by atoms with Crippen LogP contribution in [0.4, 0.5) is 5.69 Å². The Morgan fingerprint density at radius 2 is 2.05 bits per heavy atom. The average molecular weight is 338 g/mol. The first-order valence-corrected chi connectivity index (χ1v) is 6.61. The van der Waals surface area contributed by atoms with Crippen LogP contribution in [0.5, 0.6) is 11.5 Å². The first-order chi connectivity index (χ1) is 9.45. The van der Waals surface area contributed by atoms with Crippen LogP contribution < -0.4 is 4.74 Å². The quantitative estimate of drug-likeness (QED) is 0.677. The van der Waals surface area contributed by atoms with Crippen LogP contribution in [0.25, 0.3) is 0 Å². The van der Waals surface area contributed by atoms with Crippen molar-refractivity contribution in [3.8, 4) is 11.5 Å². The van der Waals surface area contributed by atoms with Crippen molar-refractivity contribution in [3.63, 3.8) is 0 Å². The van der Waals surface area contributed by atoms with Gasteiger partial charge in [-0.25, -0.2) is 0 Å². The molecule has 20 heavy (non-hydrogen) atoms. The number of nitro benzene ring substituents is 1. The van der Waals surface area contributed by atoms with E-state index in [2.05, 4.69) is 15.9 Å². The van der Waals surface area contributed by atoms with Crippen LogP contribution in [0.1, 0.15) is 11.1 Å². The Balaban J connectivity index is 2.20. The average Bonchev–Trinajstić information content (AvgIpc) is 2.36. The molecule has 0 saturated heterocycles. The number of nitrogens with zero attached hydrogens (tertiary/aromatic N) is 1. The minimum absolute atomic E-state index is 0.00347. The van der Waals surface area contributed by atoms with Crippen LogP contribution >= 0.6 is 15.9 Å². The smallest absolute Gasteiger partial charge is 0.277 e. The largest absolute Gasteiger partial charge is 0.508 e. The van der Waals surface area contributed by atoms with Crippen molar-refractivity contribution >= 4 is 21.6 Å². The molecule has 0 fully saturated rings. The second-order valence-corrected chi connectivity index (χ2v) is 5.24. The predicted octanol–water partition coefficient (Wildman–Crippen LogP) is 3.95. The highest BCUT2D eigenvalue weighted by Crippen LogP contribution is 2.26. The molecule has 0 radical (unpaired) electrons. The molecule has 0 aliphatic heterocycles. The van der Waals surface area contributed by atoms with Crippen LogP contribution in [0.2, 0.25) is 0 Å². The summed E-state index contributed by atoms with van der Waals surface area (Å²) in [4.78, 5) is 10.5. The molecule has 0 bridgehead atoms. The molecule has 0 aliphatic carbocycles. The Morgan fingerprint density at radius 3 is 2.70 bits per heavy atom. The van der Waals surface area contributed by atoms with Gasteiger partial charge >= 0.3 is 0 Å². The number of phenols is 1. The number of nitro groups is 1. The standard InChI is InChI=1S/C14H12BrNO4/c1-9-4-12(17)7-13(5-9)20-8-10-2-3-11(15)6-14(10)16(18)19/h2-7,17H,8H2,1H3. The lowest BCUT2D eigenvalue weighted by Gasteiger charge is -2.08. The monoisotopic (exact) mass is 337 g/mol. The zero-order valence-electron chi connectivity index (χ0n) is 10.7. The maximum atomic E-state index is 11.0. The first-order valence-electron chi connectivity index (χ1n) is 5.82. The molecule has 0 amide bonds. The zero-order chi connectivity index (χ0) is 14.7. The number of hydrogen-bond acceptors (Lipinski definition) is 4. The SMILES string of the molecule is Cc1cc(O)cc(OCc2ccc(Br)cc2[N+](=O)[O-])c1. The summed E-state index contributed by atoms with van der Waals surface area (Å²) in [6.45, 7) is 1.89. The molecule has 1 N–H and O–H groups in total. The Bertz CT molecular complexity index is 637. The summed E-state index contributed by atoms with van der Waals surface area (Å²) in [6.07, 6.45) is 0. The van der Waals surface area contributed by atoms with E-state index in [1.54, 1.807) is 24.3 Å². The van der Waals surface area contributed by atoms with E-state index < -0.39 is 4.92 Å². The van der Waals surface area contributed by atoms with Gasteiger partial charge in [0, 0.05) is 16.6 Å². The number of hydrogen-bond donors (Lipinski definition) is 1. The number of rotatable bonds is 4. The summed E-state index contributed by atoms with van der Waals surface area (Å²) in [6, 6.07) is 9.63. The lowest BCUT2D eigenvalue weighted by atomic mass is 10.2. The van der Waals surface area contributed by atoms with Crippen molar-refractivity contribution in [2.45, 2.75) is 13.5 Å². The van der Waals surface area contributed by atoms with Crippen molar-refractivity contribution in [3.05, 3.63) is 62.1 Å². The minimum atomic E-state index is -0.447. The van der Waals surface area contributed by atoms with E-state index in [0.29, 0.717) is 15.8 Å². The summed E-state index contributed by atoms with van der Waals surface area (Å²) < 4.78 is 6.14. The molecular formula is C14H12BrNO4. The zero-order valence-corrected chi connectivity index (χ0v) is 12.3. The highest BCUT2D eigenvalue weighted by atomic mass is 79.9. The number of halogens is 1. The third-order valence-electron chi connectivity index (χ3n) is 2.67. The fraction of sp³-hybridized carbons (Fsp3) is 0.143. The molecule has 0 saturated carbocycles. The molecule has 5 nitrogen and oxygen atoms in total. The molecule has 0 atom stereocenters. The third kappa shape index (κ3) is 3.48. The predicted molar refractivity (Wildman–Crippen MR) is 78.0 cm³/mol. The van der Waals surface area contributed by atoms with Gasteiger partial charge in [-0.1, -0.05) is 15.9 Å². The molecule has 0 spiro atoms. The molecule has 104 valence electrons. The number of phenolic OH excluding ortho intramolecular Hbond substituents is 1. The molecular weight excluding hydrogens is 326 g/mol. The summed E-state index contributed by atoms with van der Waals surface area (Å²) in [5.41, 5.74) is 1.32. The van der Waals surface area contributed by atoms with Crippen LogP contribution in [0.3, 0.4) is 0 Å². The van der Waals surface area contributed by atoms with Crippen molar-refractivity contribution in [1.82, 2.24) is 0 Å². The first kappa shape index (κ1) is 14.3. The Hall–Kier alpha value is -2.08. The number of benzene rings is 2. The highest BCUT2D eigenvalue weighted by molar-refractivity contribution is 9.10. The van der Waals surface area contributed by atoms with Crippen LogP contribution in [0.15, 0.2) is 40.9 Å². The van der Waals surface area contributed by atoms with Crippen molar-refractivity contribution in [2.75, 3.05) is 0 Å². The Labute approximate surface area is 124 Å². The van der Waals surface area contributed by atoms with Gasteiger partial charge in [-0.15, -0.1) is 0 Å². The van der Waals surface area contributed by atoms with Crippen LogP contribution in [-0.2, 0) is 6.61 Å². The lowest BCUT2D eigenvalue weighted by molar-refractivity contribution is -0.385. The fourth-order valence-electron chi connectivity index (χ4n) is 1.80. The summed E-state index contributed by atoms with van der Waals surface area (Å²) in [7, 11) is 0. The number of aromatic hydroxyl groups is 1. The van der Waals surface area contributed by atoms with Gasteiger partial charge < -0.3 is 9.84 Å². The molecule has 6 heteroatoms. The van der Waals surface area contributed by atoms with Crippen molar-refractivity contribution < 1.29 is 14.8 Å². The van der Waals surface area contributed by atoms with E-state index in [-0.39, 0.29) is 18.0 Å². The van der Waals surface area contributed by atoms with Gasteiger partial charge in [-0.2, -0.15) is 0 Å². The molecule has 2 aromatic carbocycles. The van der Waals surface area contributed by atoms with Gasteiger partial charge in [0.2, 0.25) is 0 Å². The second kappa shape index (κ2) is 5.92. The summed E-state index contributed by atoms with van der Waals surface area (Å²) in [5, 5.41) is 20.5. The van der Waals surface area contributed by atoms with Crippen molar-refractivity contribution in [1.29, 1.82) is 0 Å². The Morgan fingerprint density at radius 1 is 1.30 bits per heavy atom. The second-order valence-electron chi connectivity index (χ2n) is 4.32. The maximum absolute atomic E-state index is 11.0. The van der Waals surface area contributed by atoms with E-state index in [4.69, 9.17) is 4.74 Å². The van der Waals surface area contributed by atoms with Gasteiger partial charge in [0.1, 0.15) is 18.1 Å². The summed E-state index contributed by atoms with van der Waals surface area (Å²) in [5.74, 6) is 0.574. The Kier molecular flexibility index (Phi) is 4.24.